The van der Waals surface area contributed by atoms with Gasteiger partial charge in [0.25, 0.3) is 5.62 Å². The predicted molar refractivity (Wildman–Crippen MR) is 102 cm³/mol. The Morgan fingerprint density at radius 2 is 2.00 bits per heavy atom. The van der Waals surface area contributed by atoms with Crippen LogP contribution in [-0.4, -0.2) is 21.5 Å². The number of benzene rings is 2. The third kappa shape index (κ3) is 2.87. The maximum Gasteiger partial charge on any atom is 0.264 e. The standard InChI is InChI=1S/C20H17ClN4O2/c21-15-2-4-17-18(8-15)22-6-5-12-9-23-20(25(26)19(12)17)24-16-3-1-13-10-27-11-14(13)7-16/h1-4,7-9,22,26H,5-6,10-11H2. The monoisotopic (exact) mass is 380 g/mol. The number of fused-ring (bicyclic) bond motifs is 4. The number of aromatic nitrogens is 2. The van der Waals surface area contributed by atoms with Crippen molar-refractivity contribution >= 4 is 23.0 Å². The van der Waals surface area contributed by atoms with Crippen molar-refractivity contribution in [2.45, 2.75) is 19.6 Å². The first-order chi connectivity index (χ1) is 13.2. The van der Waals surface area contributed by atoms with Crippen molar-refractivity contribution in [3.05, 3.63) is 69.9 Å². The second-order valence-electron chi connectivity index (χ2n) is 6.67. The molecule has 0 atom stereocenters. The Morgan fingerprint density at radius 1 is 1.11 bits per heavy atom. The van der Waals surface area contributed by atoms with Crippen molar-refractivity contribution in [3.8, 4) is 11.3 Å². The highest BCUT2D eigenvalue weighted by Crippen LogP contribution is 2.34. The summed E-state index contributed by atoms with van der Waals surface area (Å²) in [7, 11) is 0. The van der Waals surface area contributed by atoms with Gasteiger partial charge in [-0.1, -0.05) is 17.7 Å². The van der Waals surface area contributed by atoms with Gasteiger partial charge in [0.1, 0.15) is 0 Å². The van der Waals surface area contributed by atoms with Crippen LogP contribution in [0.1, 0.15) is 16.7 Å². The average Bonchev–Trinajstić information content (AvgIpc) is 3.04. The smallest absolute Gasteiger partial charge is 0.264 e. The van der Waals surface area contributed by atoms with Crippen LogP contribution >= 0.6 is 11.6 Å². The van der Waals surface area contributed by atoms with E-state index in [2.05, 4.69) is 15.3 Å². The number of rotatable bonds is 1. The molecule has 6 nitrogen and oxygen atoms in total. The van der Waals surface area contributed by atoms with E-state index in [1.165, 1.54) is 5.56 Å². The average molecular weight is 381 g/mol. The van der Waals surface area contributed by atoms with Crippen molar-refractivity contribution in [2.75, 3.05) is 11.9 Å². The molecular formula is C20H17ClN4O2. The molecule has 2 aliphatic heterocycles. The Hall–Kier alpha value is -2.83. The molecule has 2 aromatic carbocycles. The quantitative estimate of drug-likeness (QED) is 0.632. The van der Waals surface area contributed by atoms with E-state index in [4.69, 9.17) is 16.3 Å². The van der Waals surface area contributed by atoms with E-state index >= 15 is 0 Å². The molecule has 0 saturated carbocycles. The van der Waals surface area contributed by atoms with Gasteiger partial charge in [0, 0.05) is 34.6 Å². The molecule has 7 heteroatoms. The van der Waals surface area contributed by atoms with Gasteiger partial charge in [0.2, 0.25) is 0 Å². The summed E-state index contributed by atoms with van der Waals surface area (Å²) in [5.74, 6) is 0. The molecule has 0 saturated heterocycles. The van der Waals surface area contributed by atoms with E-state index in [1.807, 2.05) is 36.4 Å². The molecule has 1 aromatic heterocycles. The summed E-state index contributed by atoms with van der Waals surface area (Å²) >= 11 is 6.13. The van der Waals surface area contributed by atoms with Crippen LogP contribution in [0.4, 0.5) is 11.4 Å². The van der Waals surface area contributed by atoms with E-state index in [-0.39, 0.29) is 5.62 Å². The lowest BCUT2D eigenvalue weighted by Crippen LogP contribution is -2.25. The highest BCUT2D eigenvalue weighted by Gasteiger charge is 2.19. The summed E-state index contributed by atoms with van der Waals surface area (Å²) in [5, 5.41) is 14.9. The van der Waals surface area contributed by atoms with Crippen LogP contribution in [0.25, 0.3) is 11.3 Å². The third-order valence-electron chi connectivity index (χ3n) is 4.92. The summed E-state index contributed by atoms with van der Waals surface area (Å²) in [6.45, 7) is 1.97. The molecule has 0 aliphatic carbocycles. The molecule has 0 unspecified atom stereocenters. The van der Waals surface area contributed by atoms with Crippen LogP contribution in [0, 0.1) is 0 Å². The largest absolute Gasteiger partial charge is 0.425 e. The van der Waals surface area contributed by atoms with E-state index < -0.39 is 0 Å². The van der Waals surface area contributed by atoms with Crippen molar-refractivity contribution in [1.82, 2.24) is 9.71 Å². The summed E-state index contributed by atoms with van der Waals surface area (Å²) in [5.41, 5.74) is 6.66. The second kappa shape index (κ2) is 6.40. The molecule has 3 heterocycles. The van der Waals surface area contributed by atoms with Gasteiger partial charge < -0.3 is 15.3 Å². The summed E-state index contributed by atoms with van der Waals surface area (Å²) in [6.07, 6.45) is 2.52. The molecule has 5 rings (SSSR count). The Balaban J connectivity index is 1.68. The zero-order valence-electron chi connectivity index (χ0n) is 14.4. The fourth-order valence-electron chi connectivity index (χ4n) is 3.58. The summed E-state index contributed by atoms with van der Waals surface area (Å²) in [4.78, 5) is 8.92. The Morgan fingerprint density at radius 3 is 2.93 bits per heavy atom. The lowest BCUT2D eigenvalue weighted by Gasteiger charge is -2.12. The van der Waals surface area contributed by atoms with E-state index in [9.17, 15) is 5.21 Å². The first-order valence-electron chi connectivity index (χ1n) is 8.77. The minimum Gasteiger partial charge on any atom is -0.425 e. The fourth-order valence-corrected chi connectivity index (χ4v) is 3.75. The predicted octanol–water partition coefficient (Wildman–Crippen LogP) is 3.67. The highest BCUT2D eigenvalue weighted by atomic mass is 35.5. The topological polar surface area (TPSA) is 71.7 Å². The number of ether oxygens (including phenoxy) is 1. The van der Waals surface area contributed by atoms with E-state index in [1.54, 1.807) is 6.20 Å². The van der Waals surface area contributed by atoms with Crippen LogP contribution < -0.4 is 10.9 Å². The number of halogens is 1. The van der Waals surface area contributed by atoms with Gasteiger partial charge in [-0.15, -0.1) is 4.73 Å². The van der Waals surface area contributed by atoms with E-state index in [0.29, 0.717) is 23.9 Å². The molecule has 0 radical (unpaired) electrons. The van der Waals surface area contributed by atoms with Crippen LogP contribution in [-0.2, 0) is 24.4 Å². The minimum absolute atomic E-state index is 0.232. The summed E-state index contributed by atoms with van der Waals surface area (Å²) in [6, 6.07) is 11.5. The number of nitrogens with zero attached hydrogens (tertiary/aromatic N) is 3. The summed E-state index contributed by atoms with van der Waals surface area (Å²) < 4.78 is 6.52. The van der Waals surface area contributed by atoms with Crippen LogP contribution in [0.5, 0.6) is 0 Å². The molecule has 2 N–H and O–H groups in total. The number of hydrogen-bond donors (Lipinski definition) is 2. The number of hydrogen-bond acceptors (Lipinski definition) is 5. The second-order valence-corrected chi connectivity index (χ2v) is 7.10. The molecular weight excluding hydrogens is 364 g/mol. The van der Waals surface area contributed by atoms with Crippen LogP contribution in [0.2, 0.25) is 5.02 Å². The lowest BCUT2D eigenvalue weighted by molar-refractivity contribution is 0.134. The van der Waals surface area contributed by atoms with Gasteiger partial charge in [-0.2, -0.15) is 0 Å². The van der Waals surface area contributed by atoms with Gasteiger partial charge in [0.15, 0.2) is 0 Å². The lowest BCUT2D eigenvalue weighted by atomic mass is 10.1. The minimum atomic E-state index is 0.232. The van der Waals surface area contributed by atoms with Gasteiger partial charge >= 0.3 is 0 Å². The Kier molecular flexibility index (Phi) is 3.88. The van der Waals surface area contributed by atoms with Crippen molar-refractivity contribution in [1.29, 1.82) is 0 Å². The SMILES string of the molecule is On1c2c(cnc1=Nc1ccc3c(c1)COC3)CCNc1cc(Cl)ccc1-2. The zero-order valence-corrected chi connectivity index (χ0v) is 15.2. The van der Waals surface area contributed by atoms with E-state index in [0.717, 1.165) is 45.8 Å². The molecule has 0 spiro atoms. The highest BCUT2D eigenvalue weighted by molar-refractivity contribution is 6.31. The number of anilines is 1. The first-order valence-corrected chi connectivity index (χ1v) is 9.15. The van der Waals surface area contributed by atoms with Crippen molar-refractivity contribution < 1.29 is 9.94 Å². The zero-order chi connectivity index (χ0) is 18.4. The molecule has 136 valence electrons. The first kappa shape index (κ1) is 16.4. The van der Waals surface area contributed by atoms with Crippen LogP contribution in [0.3, 0.4) is 0 Å². The molecule has 3 aromatic rings. The molecule has 0 amide bonds. The molecule has 27 heavy (non-hydrogen) atoms. The number of nitrogens with one attached hydrogen (secondary N) is 1. The molecule has 2 aliphatic rings. The van der Waals surface area contributed by atoms with Crippen molar-refractivity contribution in [2.24, 2.45) is 4.99 Å². The Labute approximate surface area is 160 Å². The third-order valence-corrected chi connectivity index (χ3v) is 5.16. The normalized spacial score (nSPS) is 15.5. The Bertz CT molecular complexity index is 1120. The maximum absolute atomic E-state index is 10.9. The molecule has 0 fully saturated rings. The van der Waals surface area contributed by atoms with Gasteiger partial charge in [-0.05, 0) is 47.9 Å². The van der Waals surface area contributed by atoms with Gasteiger partial charge in [-0.25, -0.2) is 9.98 Å². The van der Waals surface area contributed by atoms with Crippen molar-refractivity contribution in [3.63, 3.8) is 0 Å². The van der Waals surface area contributed by atoms with Crippen LogP contribution in [0.15, 0.2) is 47.6 Å². The van der Waals surface area contributed by atoms with Gasteiger partial charge in [-0.3, -0.25) is 0 Å². The van der Waals surface area contributed by atoms with Gasteiger partial charge in [0.05, 0.1) is 24.6 Å². The maximum atomic E-state index is 10.9. The molecule has 0 bridgehead atoms. The fraction of sp³-hybridized carbons (Fsp3) is 0.200.